The van der Waals surface area contributed by atoms with Crippen LogP contribution in [0.4, 0.5) is 8.78 Å². The molecule has 0 radical (unpaired) electrons. The summed E-state index contributed by atoms with van der Waals surface area (Å²) in [7, 11) is 0. The normalized spacial score (nSPS) is 39.2. The molecule has 0 aromatic rings. The Labute approximate surface area is 59.9 Å². The largest absolute Gasteiger partial charge is 0.306 e. The van der Waals surface area contributed by atoms with Crippen molar-refractivity contribution in [2.24, 2.45) is 5.41 Å². The summed E-state index contributed by atoms with van der Waals surface area (Å²) in [5, 5.41) is 0. The third-order valence-corrected chi connectivity index (χ3v) is 2.70. The molecular formula is C5H8F2O2S. The van der Waals surface area contributed by atoms with Crippen molar-refractivity contribution in [3.8, 4) is 0 Å². The summed E-state index contributed by atoms with van der Waals surface area (Å²) in [6, 6.07) is 0. The van der Waals surface area contributed by atoms with Crippen molar-refractivity contribution in [3.05, 3.63) is 0 Å². The molecule has 1 aliphatic carbocycles. The molecule has 0 saturated heterocycles. The van der Waals surface area contributed by atoms with Gasteiger partial charge in [-0.25, -0.2) is 13.0 Å². The molecular weight excluding hydrogens is 162 g/mol. The molecule has 0 spiro atoms. The van der Waals surface area contributed by atoms with E-state index in [2.05, 4.69) is 0 Å². The Bertz CT molecular complexity index is 182. The van der Waals surface area contributed by atoms with Gasteiger partial charge in [-0.2, -0.15) is 0 Å². The molecule has 2 nitrogen and oxygen atoms in total. The van der Waals surface area contributed by atoms with Gasteiger partial charge in [-0.1, -0.05) is 6.92 Å². The van der Waals surface area contributed by atoms with Gasteiger partial charge in [0.2, 0.25) is 0 Å². The Morgan fingerprint density at radius 2 is 2.10 bits per heavy atom. The van der Waals surface area contributed by atoms with Gasteiger partial charge in [0, 0.05) is 6.42 Å². The van der Waals surface area contributed by atoms with Gasteiger partial charge in [-0.05, 0) is 0 Å². The van der Waals surface area contributed by atoms with Gasteiger partial charge in [-0.3, -0.25) is 0 Å². The first-order chi connectivity index (χ1) is 4.37. The maximum Gasteiger partial charge on any atom is 0.255 e. The first-order valence-electron chi connectivity index (χ1n) is 2.83. The second-order valence-electron chi connectivity index (χ2n) is 2.91. The van der Waals surface area contributed by atoms with Gasteiger partial charge in [0.25, 0.3) is 5.92 Å². The lowest BCUT2D eigenvalue weighted by Crippen LogP contribution is -2.15. The lowest BCUT2D eigenvalue weighted by molar-refractivity contribution is 0.0769. The maximum atomic E-state index is 12.3. The van der Waals surface area contributed by atoms with Crippen molar-refractivity contribution < 1.29 is 17.5 Å². The highest BCUT2D eigenvalue weighted by atomic mass is 32.2. The minimum atomic E-state index is -2.72. The molecule has 1 N–H and O–H groups in total. The van der Waals surface area contributed by atoms with E-state index in [-0.39, 0.29) is 12.2 Å². The van der Waals surface area contributed by atoms with Crippen LogP contribution in [0.5, 0.6) is 0 Å². The molecule has 10 heavy (non-hydrogen) atoms. The summed E-state index contributed by atoms with van der Waals surface area (Å²) in [5.74, 6) is -3.04. The molecule has 0 aromatic heterocycles. The van der Waals surface area contributed by atoms with Crippen LogP contribution < -0.4 is 0 Å². The number of halogens is 2. The summed E-state index contributed by atoms with van der Waals surface area (Å²) in [6.07, 6.45) is -0.258. The average Bonchev–Trinajstić information content (AvgIpc) is 2.01. The minimum absolute atomic E-state index is 0.258. The van der Waals surface area contributed by atoms with Crippen molar-refractivity contribution in [2.75, 3.05) is 5.75 Å². The Morgan fingerprint density at radius 1 is 1.70 bits per heavy atom. The molecule has 0 bridgehead atoms. The van der Waals surface area contributed by atoms with E-state index in [0.717, 1.165) is 0 Å². The smallest absolute Gasteiger partial charge is 0.255 e. The average molecular weight is 170 g/mol. The third-order valence-electron chi connectivity index (χ3n) is 1.81. The van der Waals surface area contributed by atoms with Crippen LogP contribution >= 0.6 is 0 Å². The zero-order chi connectivity index (χ0) is 7.99. The van der Waals surface area contributed by atoms with Crippen LogP contribution in [0.15, 0.2) is 0 Å². The molecule has 1 rings (SSSR count). The fraction of sp³-hybridized carbons (Fsp3) is 1.00. The van der Waals surface area contributed by atoms with Crippen molar-refractivity contribution in [1.29, 1.82) is 0 Å². The molecule has 2 atom stereocenters. The van der Waals surface area contributed by atoms with Gasteiger partial charge in [-0.15, -0.1) is 0 Å². The molecule has 60 valence electrons. The summed E-state index contributed by atoms with van der Waals surface area (Å²) in [4.78, 5) is 0. The van der Waals surface area contributed by atoms with Crippen molar-refractivity contribution >= 4 is 11.1 Å². The van der Waals surface area contributed by atoms with Crippen LogP contribution in [0, 0.1) is 5.41 Å². The Morgan fingerprint density at radius 3 is 2.20 bits per heavy atom. The minimum Gasteiger partial charge on any atom is -0.306 e. The van der Waals surface area contributed by atoms with Gasteiger partial charge in [0.05, 0.1) is 11.2 Å². The van der Waals surface area contributed by atoms with Crippen molar-refractivity contribution in [3.63, 3.8) is 0 Å². The lowest BCUT2D eigenvalue weighted by atomic mass is 10.2. The first-order valence-corrected chi connectivity index (χ1v) is 4.10. The summed E-state index contributed by atoms with van der Waals surface area (Å²) >= 11 is -2.10. The highest BCUT2D eigenvalue weighted by Gasteiger charge is 2.68. The van der Waals surface area contributed by atoms with Crippen LogP contribution in [-0.4, -0.2) is 20.4 Å². The molecule has 1 aliphatic rings. The molecule has 1 saturated carbocycles. The Hall–Kier alpha value is -0.0300. The van der Waals surface area contributed by atoms with Gasteiger partial charge < -0.3 is 4.55 Å². The van der Waals surface area contributed by atoms with E-state index in [1.807, 2.05) is 0 Å². The number of hydrogen-bond acceptors (Lipinski definition) is 1. The maximum absolute atomic E-state index is 12.3. The van der Waals surface area contributed by atoms with E-state index in [1.165, 1.54) is 6.92 Å². The fourth-order valence-corrected chi connectivity index (χ4v) is 1.73. The van der Waals surface area contributed by atoms with E-state index < -0.39 is 22.4 Å². The van der Waals surface area contributed by atoms with Crippen LogP contribution in [0.2, 0.25) is 0 Å². The Kier molecular flexibility index (Phi) is 1.60. The monoisotopic (exact) mass is 170 g/mol. The SMILES string of the molecule is CC1(CS(=O)O)CC1(F)F. The van der Waals surface area contributed by atoms with E-state index in [9.17, 15) is 13.0 Å². The topological polar surface area (TPSA) is 37.3 Å². The standard InChI is InChI=1S/C5H8F2O2S/c1-4(3-10(8)9)2-5(4,6)7/h2-3H2,1H3,(H,8,9). The lowest BCUT2D eigenvalue weighted by Gasteiger charge is -2.04. The van der Waals surface area contributed by atoms with E-state index in [1.54, 1.807) is 0 Å². The fourth-order valence-electron chi connectivity index (χ4n) is 0.875. The van der Waals surface area contributed by atoms with Crippen LogP contribution in [0.1, 0.15) is 13.3 Å². The van der Waals surface area contributed by atoms with E-state index in [0.29, 0.717) is 0 Å². The Balaban J connectivity index is 2.52. The predicted molar refractivity (Wildman–Crippen MR) is 33.3 cm³/mol. The van der Waals surface area contributed by atoms with Gasteiger partial charge in [0.1, 0.15) is 0 Å². The van der Waals surface area contributed by atoms with Crippen LogP contribution in [-0.2, 0) is 11.1 Å². The van der Waals surface area contributed by atoms with Crippen LogP contribution in [0.25, 0.3) is 0 Å². The zero-order valence-electron chi connectivity index (χ0n) is 5.43. The second kappa shape index (κ2) is 1.98. The molecule has 2 unspecified atom stereocenters. The van der Waals surface area contributed by atoms with Crippen molar-refractivity contribution in [2.45, 2.75) is 19.3 Å². The summed E-state index contributed by atoms with van der Waals surface area (Å²) < 4.78 is 43.0. The third kappa shape index (κ3) is 1.20. The molecule has 1 fully saturated rings. The number of hydrogen-bond donors (Lipinski definition) is 1. The number of rotatable bonds is 2. The quantitative estimate of drug-likeness (QED) is 0.633. The zero-order valence-corrected chi connectivity index (χ0v) is 6.25. The van der Waals surface area contributed by atoms with Crippen molar-refractivity contribution in [1.82, 2.24) is 0 Å². The summed E-state index contributed by atoms with van der Waals surface area (Å²) in [6.45, 7) is 1.32. The van der Waals surface area contributed by atoms with Gasteiger partial charge >= 0.3 is 0 Å². The predicted octanol–water partition coefficient (Wildman–Crippen LogP) is 1.25. The molecule has 0 aromatic carbocycles. The molecule has 0 aliphatic heterocycles. The highest BCUT2D eigenvalue weighted by molar-refractivity contribution is 7.79. The van der Waals surface area contributed by atoms with E-state index in [4.69, 9.17) is 4.55 Å². The van der Waals surface area contributed by atoms with E-state index >= 15 is 0 Å². The highest BCUT2D eigenvalue weighted by Crippen LogP contribution is 2.60. The molecule has 0 heterocycles. The molecule has 5 heteroatoms. The summed E-state index contributed by atoms with van der Waals surface area (Å²) in [5.41, 5.74) is -1.22. The second-order valence-corrected chi connectivity index (χ2v) is 3.84. The number of alkyl halides is 2. The van der Waals surface area contributed by atoms with Crippen LogP contribution in [0.3, 0.4) is 0 Å². The first kappa shape index (κ1) is 8.07. The molecule has 0 amide bonds. The van der Waals surface area contributed by atoms with Gasteiger partial charge in [0.15, 0.2) is 11.1 Å².